The van der Waals surface area contributed by atoms with Gasteiger partial charge in [0.15, 0.2) is 0 Å². The van der Waals surface area contributed by atoms with Gasteiger partial charge in [0.2, 0.25) is 0 Å². The van der Waals surface area contributed by atoms with E-state index < -0.39 is 0 Å². The van der Waals surface area contributed by atoms with Crippen LogP contribution in [0, 0.1) is 5.92 Å². The Hall–Kier alpha value is -2.28. The topological polar surface area (TPSA) is 73.1 Å². The van der Waals surface area contributed by atoms with Crippen LogP contribution in [0.1, 0.15) is 41.8 Å². The lowest BCUT2D eigenvalue weighted by molar-refractivity contribution is -0.0252. The molecule has 1 unspecified atom stereocenters. The van der Waals surface area contributed by atoms with Crippen molar-refractivity contribution in [3.05, 3.63) is 41.7 Å². The van der Waals surface area contributed by atoms with Crippen LogP contribution >= 0.6 is 0 Å². The highest BCUT2D eigenvalue weighted by Crippen LogP contribution is 2.21. The van der Waals surface area contributed by atoms with Crippen LogP contribution in [0.25, 0.3) is 0 Å². The van der Waals surface area contributed by atoms with Gasteiger partial charge in [0.05, 0.1) is 30.7 Å². The number of rotatable bonds is 4. The molecular formula is C17H23N5O2. The molecule has 1 aliphatic heterocycles. The second-order valence-electron chi connectivity index (χ2n) is 6.48. The van der Waals surface area contributed by atoms with Gasteiger partial charge in [-0.3, -0.25) is 19.4 Å². The SMILES string of the molecule is CC(C)Cc1cc(C(=O)N2CCOC(c3cnccn3)C2)n(C)n1. The van der Waals surface area contributed by atoms with Gasteiger partial charge in [0, 0.05) is 26.0 Å². The molecule has 0 aromatic carbocycles. The lowest BCUT2D eigenvalue weighted by Gasteiger charge is -2.32. The Morgan fingerprint density at radius 3 is 2.96 bits per heavy atom. The zero-order valence-corrected chi connectivity index (χ0v) is 14.3. The van der Waals surface area contributed by atoms with E-state index in [-0.39, 0.29) is 12.0 Å². The first-order chi connectivity index (χ1) is 11.5. The van der Waals surface area contributed by atoms with E-state index in [0.29, 0.717) is 31.3 Å². The van der Waals surface area contributed by atoms with Crippen LogP contribution in [0.5, 0.6) is 0 Å². The molecule has 2 aromatic heterocycles. The van der Waals surface area contributed by atoms with Crippen molar-refractivity contribution in [2.75, 3.05) is 19.7 Å². The highest BCUT2D eigenvalue weighted by Gasteiger charge is 2.28. The van der Waals surface area contributed by atoms with Crippen molar-refractivity contribution in [2.45, 2.75) is 26.4 Å². The van der Waals surface area contributed by atoms with Gasteiger partial charge in [-0.25, -0.2) is 0 Å². The molecule has 0 bridgehead atoms. The summed E-state index contributed by atoms with van der Waals surface area (Å²) in [7, 11) is 1.82. The molecule has 0 radical (unpaired) electrons. The summed E-state index contributed by atoms with van der Waals surface area (Å²) in [4.78, 5) is 23.0. The number of nitrogens with zero attached hydrogens (tertiary/aromatic N) is 5. The number of amides is 1. The van der Waals surface area contributed by atoms with Gasteiger partial charge in [0.1, 0.15) is 11.8 Å². The van der Waals surface area contributed by atoms with Gasteiger partial charge in [-0.1, -0.05) is 13.8 Å². The number of aryl methyl sites for hydroxylation is 1. The van der Waals surface area contributed by atoms with Crippen molar-refractivity contribution in [2.24, 2.45) is 13.0 Å². The van der Waals surface area contributed by atoms with E-state index in [1.165, 1.54) is 0 Å². The molecule has 1 atom stereocenters. The average molecular weight is 329 g/mol. The van der Waals surface area contributed by atoms with Gasteiger partial charge >= 0.3 is 0 Å². The first kappa shape index (κ1) is 16.6. The number of hydrogen-bond acceptors (Lipinski definition) is 5. The predicted octanol–water partition coefficient (Wildman–Crippen LogP) is 1.62. The molecule has 1 amide bonds. The normalized spacial score (nSPS) is 18.2. The second-order valence-corrected chi connectivity index (χ2v) is 6.48. The third kappa shape index (κ3) is 3.62. The van der Waals surface area contributed by atoms with Gasteiger partial charge in [-0.15, -0.1) is 0 Å². The van der Waals surface area contributed by atoms with Gasteiger partial charge in [0.25, 0.3) is 5.91 Å². The molecule has 3 heterocycles. The minimum Gasteiger partial charge on any atom is -0.368 e. The van der Waals surface area contributed by atoms with E-state index in [2.05, 4.69) is 28.9 Å². The first-order valence-corrected chi connectivity index (χ1v) is 8.24. The van der Waals surface area contributed by atoms with Crippen LogP contribution in [0.2, 0.25) is 0 Å². The third-order valence-corrected chi connectivity index (χ3v) is 4.03. The van der Waals surface area contributed by atoms with Crippen LogP contribution in [0.3, 0.4) is 0 Å². The molecule has 1 fully saturated rings. The minimum absolute atomic E-state index is 0.0165. The molecule has 3 rings (SSSR count). The Morgan fingerprint density at radius 1 is 1.42 bits per heavy atom. The highest BCUT2D eigenvalue weighted by atomic mass is 16.5. The molecule has 0 saturated carbocycles. The molecule has 0 aliphatic carbocycles. The van der Waals surface area contributed by atoms with E-state index >= 15 is 0 Å². The van der Waals surface area contributed by atoms with Crippen molar-refractivity contribution >= 4 is 5.91 Å². The Bertz CT molecular complexity index is 698. The lowest BCUT2D eigenvalue weighted by atomic mass is 10.1. The first-order valence-electron chi connectivity index (χ1n) is 8.24. The summed E-state index contributed by atoms with van der Waals surface area (Å²) in [6.07, 6.45) is 5.58. The van der Waals surface area contributed by atoms with E-state index in [9.17, 15) is 4.79 Å². The fourth-order valence-electron chi connectivity index (χ4n) is 2.90. The number of carbonyl (C=O) groups is 1. The zero-order chi connectivity index (χ0) is 17.1. The summed E-state index contributed by atoms with van der Waals surface area (Å²) in [6.45, 7) is 5.82. The maximum absolute atomic E-state index is 12.9. The Kier molecular flexibility index (Phi) is 4.89. The second kappa shape index (κ2) is 7.09. The van der Waals surface area contributed by atoms with Crippen LogP contribution in [0.15, 0.2) is 24.7 Å². The summed E-state index contributed by atoms with van der Waals surface area (Å²) < 4.78 is 7.42. The van der Waals surface area contributed by atoms with Gasteiger partial charge < -0.3 is 9.64 Å². The number of aromatic nitrogens is 4. The Balaban J connectivity index is 1.74. The largest absolute Gasteiger partial charge is 0.368 e. The lowest BCUT2D eigenvalue weighted by Crippen LogP contribution is -2.43. The van der Waals surface area contributed by atoms with E-state index in [4.69, 9.17) is 4.74 Å². The van der Waals surface area contributed by atoms with Crippen molar-refractivity contribution < 1.29 is 9.53 Å². The maximum atomic E-state index is 12.9. The van der Waals surface area contributed by atoms with E-state index in [1.807, 2.05) is 13.1 Å². The average Bonchev–Trinajstić information content (AvgIpc) is 2.94. The summed E-state index contributed by atoms with van der Waals surface area (Å²) >= 11 is 0. The van der Waals surface area contributed by atoms with Crippen LogP contribution in [-0.2, 0) is 18.2 Å². The Labute approximate surface area is 141 Å². The number of hydrogen-bond donors (Lipinski definition) is 0. The van der Waals surface area contributed by atoms with Crippen molar-refractivity contribution in [1.82, 2.24) is 24.6 Å². The van der Waals surface area contributed by atoms with Crippen LogP contribution < -0.4 is 0 Å². The number of carbonyl (C=O) groups excluding carboxylic acids is 1. The summed E-state index contributed by atoms with van der Waals surface area (Å²) in [5, 5.41) is 4.46. The minimum atomic E-state index is -0.236. The van der Waals surface area contributed by atoms with Crippen LogP contribution in [-0.4, -0.2) is 50.3 Å². The quantitative estimate of drug-likeness (QED) is 0.852. The molecule has 1 saturated heterocycles. The molecular weight excluding hydrogens is 306 g/mol. The molecule has 7 nitrogen and oxygen atoms in total. The van der Waals surface area contributed by atoms with E-state index in [1.54, 1.807) is 28.2 Å². The molecule has 0 N–H and O–H groups in total. The summed E-state index contributed by atoms with van der Waals surface area (Å²) in [5.41, 5.74) is 2.32. The zero-order valence-electron chi connectivity index (χ0n) is 14.3. The number of ether oxygens (including phenoxy) is 1. The fraction of sp³-hybridized carbons (Fsp3) is 0.529. The molecule has 7 heteroatoms. The predicted molar refractivity (Wildman–Crippen MR) is 88.4 cm³/mol. The Morgan fingerprint density at radius 2 is 2.25 bits per heavy atom. The molecule has 24 heavy (non-hydrogen) atoms. The van der Waals surface area contributed by atoms with Crippen molar-refractivity contribution in [3.8, 4) is 0 Å². The summed E-state index contributed by atoms with van der Waals surface area (Å²) in [5.74, 6) is 0.490. The number of morpholine rings is 1. The van der Waals surface area contributed by atoms with Gasteiger partial charge in [-0.2, -0.15) is 5.10 Å². The highest BCUT2D eigenvalue weighted by molar-refractivity contribution is 5.92. The fourth-order valence-corrected chi connectivity index (χ4v) is 2.90. The molecule has 2 aromatic rings. The van der Waals surface area contributed by atoms with E-state index in [0.717, 1.165) is 17.8 Å². The monoisotopic (exact) mass is 329 g/mol. The molecule has 0 spiro atoms. The maximum Gasteiger partial charge on any atom is 0.272 e. The van der Waals surface area contributed by atoms with Crippen LogP contribution in [0.4, 0.5) is 0 Å². The third-order valence-electron chi connectivity index (χ3n) is 4.03. The summed E-state index contributed by atoms with van der Waals surface area (Å²) in [6, 6.07) is 1.90. The smallest absolute Gasteiger partial charge is 0.272 e. The van der Waals surface area contributed by atoms with Crippen molar-refractivity contribution in [3.63, 3.8) is 0 Å². The molecule has 128 valence electrons. The standard InChI is InChI=1S/C17H23N5O2/c1-12(2)8-13-9-15(21(3)20-13)17(23)22-6-7-24-16(11-22)14-10-18-4-5-19-14/h4-5,9-10,12,16H,6-8,11H2,1-3H3. The molecule has 1 aliphatic rings. The van der Waals surface area contributed by atoms with Crippen molar-refractivity contribution in [1.29, 1.82) is 0 Å². The van der Waals surface area contributed by atoms with Gasteiger partial charge in [-0.05, 0) is 18.4 Å².